The van der Waals surface area contributed by atoms with Crippen LogP contribution in [-0.4, -0.2) is 84.2 Å². The van der Waals surface area contributed by atoms with Crippen molar-refractivity contribution in [2.45, 2.75) is 93.7 Å². The summed E-state index contributed by atoms with van der Waals surface area (Å²) in [5.74, 6) is -1.94. The zero-order chi connectivity index (χ0) is 38.7. The Kier molecular flexibility index (Phi) is 11.0. The molecule has 0 radical (unpaired) electrons. The molecule has 0 unspecified atom stereocenters. The number of rotatable bonds is 10. The van der Waals surface area contributed by atoms with Crippen LogP contribution in [0.5, 0.6) is 5.75 Å². The van der Waals surface area contributed by atoms with Gasteiger partial charge in [-0.25, -0.2) is 18.2 Å². The molecule has 13 nitrogen and oxygen atoms in total. The summed E-state index contributed by atoms with van der Waals surface area (Å²) in [5.41, 5.74) is 1.66. The van der Waals surface area contributed by atoms with Gasteiger partial charge >= 0.3 is 6.09 Å². The average molecular weight is 770 g/mol. The average Bonchev–Trinajstić information content (AvgIpc) is 4.11. The minimum absolute atomic E-state index is 0.000491. The molecule has 3 aromatic rings. The van der Waals surface area contributed by atoms with E-state index in [9.17, 15) is 27.6 Å². The monoisotopic (exact) mass is 769 g/mol. The second kappa shape index (κ2) is 15.9. The standard InChI is InChI=1S/C41H47N5O8S/c1-3-5-15-33-38(48)46-25-29(22-35(46)37(47)44-41(24-28(41)4-2)39(49)45-55(51,52)30-17-18-30)54-36-23-34(27-13-9-6-10-14-27)42-32-19-16-26(21-31(32)36)12-8-7-11-20-53-40(50)43-33/h4,6,8-10,12-14,16,19,21,23,28-30,33,35H,2-3,5,7,11,15,17-18,20,22,24-25H2,1H3,(H,43,50)(H,44,47)(H,45,49)/b12-8+/t28-,29+,33-,35-,41+/m0/s1. The van der Waals surface area contributed by atoms with E-state index in [2.05, 4.69) is 21.9 Å². The Hall–Kier alpha value is -5.24. The van der Waals surface area contributed by atoms with Crippen LogP contribution in [0.4, 0.5) is 4.79 Å². The van der Waals surface area contributed by atoms with Gasteiger partial charge < -0.3 is 25.0 Å². The summed E-state index contributed by atoms with van der Waals surface area (Å²) in [6, 6.07) is 15.3. The van der Waals surface area contributed by atoms with Crippen LogP contribution in [-0.2, 0) is 29.1 Å². The van der Waals surface area contributed by atoms with Crippen molar-refractivity contribution < 1.29 is 37.1 Å². The van der Waals surface area contributed by atoms with Gasteiger partial charge in [0, 0.05) is 29.4 Å². The van der Waals surface area contributed by atoms with Gasteiger partial charge in [0.05, 0.1) is 29.6 Å². The third kappa shape index (κ3) is 8.38. The number of sulfonamides is 1. The highest BCUT2D eigenvalue weighted by atomic mass is 32.2. The molecule has 1 aromatic heterocycles. The highest BCUT2D eigenvalue weighted by Gasteiger charge is 2.62. The summed E-state index contributed by atoms with van der Waals surface area (Å²) in [5, 5.41) is 5.68. The second-order valence-corrected chi connectivity index (χ2v) is 16.8. The number of ether oxygens (including phenoxy) is 2. The van der Waals surface area contributed by atoms with Crippen LogP contribution in [0.2, 0.25) is 0 Å². The lowest BCUT2D eigenvalue weighted by atomic mass is 10.1. The summed E-state index contributed by atoms with van der Waals surface area (Å²) in [6.07, 6.45) is 8.17. The van der Waals surface area contributed by atoms with Gasteiger partial charge in [-0.2, -0.15) is 0 Å². The molecule has 4 aliphatic rings. The fraction of sp³-hybridized carbons (Fsp3) is 0.439. The lowest BCUT2D eigenvalue weighted by Gasteiger charge is -2.29. The number of nitrogens with zero attached hydrogens (tertiary/aromatic N) is 2. The molecule has 55 heavy (non-hydrogen) atoms. The number of carbonyl (C=O) groups excluding carboxylic acids is 4. The number of hydrogen-bond donors (Lipinski definition) is 3. The number of hydrogen-bond acceptors (Lipinski definition) is 9. The molecule has 0 spiro atoms. The van der Waals surface area contributed by atoms with Gasteiger partial charge in [0.25, 0.3) is 5.91 Å². The van der Waals surface area contributed by atoms with Gasteiger partial charge in [0.15, 0.2) is 0 Å². The van der Waals surface area contributed by atoms with Crippen LogP contribution in [0.15, 0.2) is 73.3 Å². The van der Waals surface area contributed by atoms with Crippen LogP contribution in [0, 0.1) is 5.92 Å². The van der Waals surface area contributed by atoms with E-state index in [0.29, 0.717) is 55.5 Å². The van der Waals surface area contributed by atoms with Crippen molar-refractivity contribution in [1.82, 2.24) is 25.2 Å². The summed E-state index contributed by atoms with van der Waals surface area (Å²) in [7, 11) is -3.90. The lowest BCUT2D eigenvalue weighted by molar-refractivity contribution is -0.141. The minimum Gasteiger partial charge on any atom is -0.488 e. The Bertz CT molecular complexity index is 2120. The quantitative estimate of drug-likeness (QED) is 0.240. The molecule has 3 fully saturated rings. The van der Waals surface area contributed by atoms with Crippen molar-refractivity contribution in [1.29, 1.82) is 0 Å². The summed E-state index contributed by atoms with van der Waals surface area (Å²) < 4.78 is 39.9. The van der Waals surface area contributed by atoms with E-state index in [4.69, 9.17) is 14.5 Å². The SMILES string of the molecule is C=C[C@H]1C[C@]1(NC(=O)[C@@H]1C[C@@H]2CN1C(=O)[C@H](CCCC)NC(=O)OCCC/C=C/c1ccc3nc(-c4ccccc4)cc(c3c1)O2)C(=O)NS(=O)(=O)C1CC1. The van der Waals surface area contributed by atoms with Gasteiger partial charge in [-0.3, -0.25) is 19.1 Å². The lowest BCUT2D eigenvalue weighted by Crippen LogP contribution is -2.58. The summed E-state index contributed by atoms with van der Waals surface area (Å²) in [4.78, 5) is 61.7. The maximum atomic E-state index is 14.5. The first-order valence-corrected chi connectivity index (χ1v) is 20.6. The molecule has 2 aromatic carbocycles. The molecule has 3 heterocycles. The highest BCUT2D eigenvalue weighted by molar-refractivity contribution is 7.91. The van der Waals surface area contributed by atoms with Gasteiger partial charge in [0.2, 0.25) is 21.8 Å². The molecule has 2 aliphatic carbocycles. The number of carbonyl (C=O) groups is 4. The molecule has 4 amide bonds. The minimum atomic E-state index is -3.90. The van der Waals surface area contributed by atoms with Crippen molar-refractivity contribution in [3.63, 3.8) is 0 Å². The first-order chi connectivity index (χ1) is 26.5. The molecule has 7 rings (SSSR count). The maximum absolute atomic E-state index is 14.5. The highest BCUT2D eigenvalue weighted by Crippen LogP contribution is 2.45. The number of aromatic nitrogens is 1. The topological polar surface area (TPSA) is 173 Å². The molecule has 1 saturated heterocycles. The number of allylic oxidation sites excluding steroid dienone is 1. The number of fused-ring (bicyclic) bond motifs is 3. The number of unbranched alkanes of at least 4 members (excludes halogenated alkanes) is 1. The van der Waals surface area contributed by atoms with Gasteiger partial charge in [-0.15, -0.1) is 6.58 Å². The van der Waals surface area contributed by atoms with E-state index in [-0.39, 0.29) is 26.0 Å². The zero-order valence-corrected chi connectivity index (χ0v) is 31.7. The first-order valence-electron chi connectivity index (χ1n) is 19.1. The molecule has 4 bridgehead atoms. The molecule has 14 heteroatoms. The zero-order valence-electron chi connectivity index (χ0n) is 30.9. The molecule has 290 valence electrons. The smallest absolute Gasteiger partial charge is 0.407 e. The van der Waals surface area contributed by atoms with E-state index in [0.717, 1.165) is 22.9 Å². The van der Waals surface area contributed by atoms with E-state index >= 15 is 0 Å². The third-order valence-corrected chi connectivity index (χ3v) is 12.6. The van der Waals surface area contributed by atoms with Crippen LogP contribution in [0.3, 0.4) is 0 Å². The molecule has 3 N–H and O–H groups in total. The largest absolute Gasteiger partial charge is 0.488 e. The van der Waals surface area contributed by atoms with Gasteiger partial charge in [-0.1, -0.05) is 74.4 Å². The van der Waals surface area contributed by atoms with E-state index in [1.165, 1.54) is 11.0 Å². The maximum Gasteiger partial charge on any atom is 0.407 e. The van der Waals surface area contributed by atoms with E-state index < -0.39 is 68.7 Å². The van der Waals surface area contributed by atoms with Crippen LogP contribution in [0.1, 0.15) is 70.3 Å². The Labute approximate surface area is 321 Å². The molecular formula is C41H47N5O8S. The predicted molar refractivity (Wildman–Crippen MR) is 207 cm³/mol. The fourth-order valence-electron chi connectivity index (χ4n) is 7.38. The first kappa shape index (κ1) is 38.1. The number of alkyl carbamates (subject to hydrolysis) is 1. The number of benzene rings is 2. The second-order valence-electron chi connectivity index (χ2n) is 14.8. The summed E-state index contributed by atoms with van der Waals surface area (Å²) in [6.45, 7) is 5.92. The number of pyridine rings is 1. The number of amides is 4. The van der Waals surface area contributed by atoms with Crippen LogP contribution in [0.25, 0.3) is 28.2 Å². The van der Waals surface area contributed by atoms with Crippen molar-refractivity contribution in [3.05, 3.63) is 78.9 Å². The summed E-state index contributed by atoms with van der Waals surface area (Å²) >= 11 is 0. The molecule has 5 atom stereocenters. The predicted octanol–water partition coefficient (Wildman–Crippen LogP) is 5.01. The van der Waals surface area contributed by atoms with E-state index in [1.54, 1.807) is 0 Å². The normalized spacial score (nSPS) is 26.2. The molecular weight excluding hydrogens is 723 g/mol. The van der Waals surface area contributed by atoms with Gasteiger partial charge in [0.1, 0.15) is 29.5 Å². The molecule has 2 saturated carbocycles. The van der Waals surface area contributed by atoms with Crippen molar-refractivity contribution in [2.75, 3.05) is 13.2 Å². The Morgan fingerprint density at radius 3 is 2.65 bits per heavy atom. The number of nitrogens with one attached hydrogen (secondary N) is 3. The Morgan fingerprint density at radius 1 is 1.13 bits per heavy atom. The van der Waals surface area contributed by atoms with Crippen molar-refractivity contribution in [3.8, 4) is 17.0 Å². The van der Waals surface area contributed by atoms with Crippen molar-refractivity contribution in [2.24, 2.45) is 5.92 Å². The third-order valence-electron chi connectivity index (χ3n) is 10.8. The van der Waals surface area contributed by atoms with Crippen molar-refractivity contribution >= 4 is 50.8 Å². The Morgan fingerprint density at radius 2 is 1.93 bits per heavy atom. The number of cyclic esters (lactones) is 1. The van der Waals surface area contributed by atoms with E-state index in [1.807, 2.05) is 73.7 Å². The van der Waals surface area contributed by atoms with Crippen LogP contribution < -0.4 is 20.1 Å². The van der Waals surface area contributed by atoms with Gasteiger partial charge in [-0.05, 0) is 56.2 Å². The fourth-order valence-corrected chi connectivity index (χ4v) is 8.74. The Balaban J connectivity index is 1.25. The molecule has 2 aliphatic heterocycles. The van der Waals surface area contributed by atoms with Crippen LogP contribution >= 0.6 is 0 Å².